The van der Waals surface area contributed by atoms with Crippen LogP contribution in [0.15, 0.2) is 40.0 Å². The third-order valence-electron chi connectivity index (χ3n) is 2.33. The molecule has 0 saturated carbocycles. The third-order valence-corrected chi connectivity index (χ3v) is 3.65. The Hall–Kier alpha value is -2.68. The Balaban J connectivity index is 2.27. The molecule has 2 N–H and O–H groups in total. The Labute approximate surface area is 120 Å². The van der Waals surface area contributed by atoms with Gasteiger partial charge in [-0.2, -0.15) is 0 Å². The number of carbonyl (C=O) groups is 1. The largest absolute Gasteiger partial charge is 0.478 e. The van der Waals surface area contributed by atoms with E-state index >= 15 is 0 Å². The zero-order valence-corrected chi connectivity index (χ0v) is 11.7. The number of hydrogen-bond donors (Lipinski definition) is 2. The van der Waals surface area contributed by atoms with E-state index in [0.717, 1.165) is 12.3 Å². The number of hydrogen-bond acceptors (Lipinski definition) is 6. The maximum Gasteiger partial charge on any atom is 0.328 e. The van der Waals surface area contributed by atoms with Crippen molar-refractivity contribution in [1.29, 1.82) is 0 Å². The first-order chi connectivity index (χ1) is 9.87. The first kappa shape index (κ1) is 14.7. The van der Waals surface area contributed by atoms with E-state index in [9.17, 15) is 13.2 Å². The van der Waals surface area contributed by atoms with E-state index in [4.69, 9.17) is 9.63 Å². The van der Waals surface area contributed by atoms with Crippen LogP contribution in [0.5, 0.6) is 0 Å². The van der Waals surface area contributed by atoms with Gasteiger partial charge in [0.05, 0.1) is 0 Å². The number of aromatic nitrogens is 2. The molecule has 9 heteroatoms. The highest BCUT2D eigenvalue weighted by Gasteiger charge is 2.16. The second-order valence-corrected chi connectivity index (χ2v) is 5.74. The molecule has 0 atom stereocenters. The average Bonchev–Trinajstić information content (AvgIpc) is 2.81. The van der Waals surface area contributed by atoms with Crippen molar-refractivity contribution in [1.82, 2.24) is 10.1 Å². The lowest BCUT2D eigenvalue weighted by atomic mass is 10.2. The number of nitrogens with one attached hydrogen (secondary N) is 1. The van der Waals surface area contributed by atoms with E-state index in [1.165, 1.54) is 24.4 Å². The molecule has 0 aliphatic rings. The first-order valence-electron chi connectivity index (χ1n) is 5.69. The van der Waals surface area contributed by atoms with Gasteiger partial charge in [0.15, 0.2) is 5.82 Å². The minimum absolute atomic E-state index is 0.0546. The van der Waals surface area contributed by atoms with Crippen molar-refractivity contribution in [3.05, 3.63) is 41.9 Å². The summed E-state index contributed by atoms with van der Waals surface area (Å²) >= 11 is 0. The van der Waals surface area contributed by atoms with Gasteiger partial charge >= 0.3 is 5.97 Å². The number of anilines is 1. The zero-order chi connectivity index (χ0) is 15.5. The Morgan fingerprint density at radius 1 is 1.38 bits per heavy atom. The van der Waals surface area contributed by atoms with E-state index < -0.39 is 16.0 Å². The lowest BCUT2D eigenvalue weighted by molar-refractivity contribution is -0.131. The molecule has 2 aromatic heterocycles. The lowest BCUT2D eigenvalue weighted by Crippen LogP contribution is -2.13. The summed E-state index contributed by atoms with van der Waals surface area (Å²) in [4.78, 5) is 14.1. The molecule has 0 bridgehead atoms. The van der Waals surface area contributed by atoms with Gasteiger partial charge in [0, 0.05) is 24.5 Å². The number of carboxylic acids is 1. The third kappa shape index (κ3) is 3.89. The van der Waals surface area contributed by atoms with Crippen molar-refractivity contribution in [2.45, 2.75) is 11.8 Å². The zero-order valence-electron chi connectivity index (χ0n) is 10.8. The SMILES string of the molecule is Cc1cc(NS(=O)(=O)c2cncc(C=CC(=O)O)c2)no1. The summed E-state index contributed by atoms with van der Waals surface area (Å²) in [5.74, 6) is -0.623. The van der Waals surface area contributed by atoms with Crippen LogP contribution in [0, 0.1) is 6.92 Å². The minimum Gasteiger partial charge on any atom is -0.478 e. The second kappa shape index (κ2) is 5.75. The van der Waals surface area contributed by atoms with Crippen molar-refractivity contribution < 1.29 is 22.8 Å². The normalized spacial score (nSPS) is 11.7. The summed E-state index contributed by atoms with van der Waals surface area (Å²) in [7, 11) is -3.88. The molecule has 0 saturated heterocycles. The molecule has 0 spiro atoms. The minimum atomic E-state index is -3.88. The van der Waals surface area contributed by atoms with E-state index in [1.54, 1.807) is 6.92 Å². The Kier molecular flexibility index (Phi) is 4.03. The molecular formula is C12H11N3O5S. The number of aryl methyl sites for hydroxylation is 1. The van der Waals surface area contributed by atoms with Crippen molar-refractivity contribution in [2.75, 3.05) is 4.72 Å². The van der Waals surface area contributed by atoms with E-state index in [1.807, 2.05) is 0 Å². The molecule has 0 fully saturated rings. The molecule has 0 unspecified atom stereocenters. The molecule has 2 rings (SSSR count). The first-order valence-corrected chi connectivity index (χ1v) is 7.17. The van der Waals surface area contributed by atoms with Gasteiger partial charge in [-0.1, -0.05) is 5.16 Å². The molecule has 110 valence electrons. The van der Waals surface area contributed by atoms with E-state index in [2.05, 4.69) is 14.9 Å². The van der Waals surface area contributed by atoms with Crippen LogP contribution in [-0.2, 0) is 14.8 Å². The van der Waals surface area contributed by atoms with Crippen molar-refractivity contribution >= 4 is 27.9 Å². The highest BCUT2D eigenvalue weighted by atomic mass is 32.2. The maximum absolute atomic E-state index is 12.1. The predicted molar refractivity (Wildman–Crippen MR) is 73.0 cm³/mol. The van der Waals surface area contributed by atoms with Gasteiger partial charge in [-0.15, -0.1) is 0 Å². The van der Waals surface area contributed by atoms with Crippen LogP contribution >= 0.6 is 0 Å². The van der Waals surface area contributed by atoms with Crippen LogP contribution in [0.4, 0.5) is 5.82 Å². The molecule has 2 aromatic rings. The van der Waals surface area contributed by atoms with Gasteiger partial charge < -0.3 is 9.63 Å². The highest BCUT2D eigenvalue weighted by molar-refractivity contribution is 7.92. The Morgan fingerprint density at radius 3 is 2.76 bits per heavy atom. The molecule has 0 aromatic carbocycles. The number of nitrogens with zero attached hydrogens (tertiary/aromatic N) is 2. The van der Waals surface area contributed by atoms with Crippen molar-refractivity contribution in [2.24, 2.45) is 0 Å². The van der Waals surface area contributed by atoms with Crippen LogP contribution < -0.4 is 4.72 Å². The van der Waals surface area contributed by atoms with Crippen molar-refractivity contribution in [3.63, 3.8) is 0 Å². The fourth-order valence-electron chi connectivity index (χ4n) is 1.45. The number of rotatable bonds is 5. The number of carboxylic acid groups (broad SMARTS) is 1. The van der Waals surface area contributed by atoms with E-state index in [-0.39, 0.29) is 10.7 Å². The van der Waals surface area contributed by atoms with Gasteiger partial charge in [-0.3, -0.25) is 9.71 Å². The monoisotopic (exact) mass is 309 g/mol. The van der Waals surface area contributed by atoms with Crippen LogP contribution in [0.3, 0.4) is 0 Å². The van der Waals surface area contributed by atoms with Gasteiger partial charge in [0.25, 0.3) is 10.0 Å². The Bertz CT molecular complexity index is 795. The van der Waals surface area contributed by atoms with Gasteiger partial charge in [0.1, 0.15) is 10.7 Å². The summed E-state index contributed by atoms with van der Waals surface area (Å²) in [5, 5.41) is 12.1. The molecule has 21 heavy (non-hydrogen) atoms. The second-order valence-electron chi connectivity index (χ2n) is 4.05. The molecular weight excluding hydrogens is 298 g/mol. The molecule has 0 radical (unpaired) electrons. The van der Waals surface area contributed by atoms with Crippen LogP contribution in [-0.4, -0.2) is 29.6 Å². The summed E-state index contributed by atoms with van der Waals surface area (Å²) in [6.07, 6.45) is 4.63. The number of pyridine rings is 1. The summed E-state index contributed by atoms with van der Waals surface area (Å²) in [6, 6.07) is 2.72. The quantitative estimate of drug-likeness (QED) is 0.797. The average molecular weight is 309 g/mol. The number of aliphatic carboxylic acids is 1. The highest BCUT2D eigenvalue weighted by Crippen LogP contribution is 2.16. The van der Waals surface area contributed by atoms with Gasteiger partial charge in [-0.25, -0.2) is 13.2 Å². The smallest absolute Gasteiger partial charge is 0.328 e. The van der Waals surface area contributed by atoms with Gasteiger partial charge in [0.2, 0.25) is 0 Å². The molecule has 0 aliphatic carbocycles. The standard InChI is InChI=1S/C12H11N3O5S/c1-8-4-11(14-20-8)15-21(18,19)10-5-9(6-13-7-10)2-3-12(16)17/h2-7H,1H3,(H,14,15)(H,16,17). The number of sulfonamides is 1. The van der Waals surface area contributed by atoms with Crippen molar-refractivity contribution in [3.8, 4) is 0 Å². The summed E-state index contributed by atoms with van der Waals surface area (Å²) in [5.41, 5.74) is 0.344. The fraction of sp³-hybridized carbons (Fsp3) is 0.0833. The topological polar surface area (TPSA) is 122 Å². The van der Waals surface area contributed by atoms with Crippen LogP contribution in [0.25, 0.3) is 6.08 Å². The Morgan fingerprint density at radius 2 is 2.14 bits per heavy atom. The molecule has 2 heterocycles. The van der Waals surface area contributed by atoms with Gasteiger partial charge in [-0.05, 0) is 24.6 Å². The van der Waals surface area contributed by atoms with E-state index in [0.29, 0.717) is 11.3 Å². The maximum atomic E-state index is 12.1. The lowest BCUT2D eigenvalue weighted by Gasteiger charge is -2.04. The predicted octanol–water partition coefficient (Wildman–Crippen LogP) is 1.28. The van der Waals surface area contributed by atoms with Crippen LogP contribution in [0.2, 0.25) is 0 Å². The fourth-order valence-corrected chi connectivity index (χ4v) is 2.43. The van der Waals surface area contributed by atoms with Crippen LogP contribution in [0.1, 0.15) is 11.3 Å². The summed E-state index contributed by atoms with van der Waals surface area (Å²) < 4.78 is 31.3. The molecule has 0 aliphatic heterocycles. The summed E-state index contributed by atoms with van der Waals surface area (Å²) in [6.45, 7) is 1.63. The molecule has 8 nitrogen and oxygen atoms in total. The molecule has 0 amide bonds.